The normalized spacial score (nSPS) is 16.0. The molecule has 1 saturated heterocycles. The van der Waals surface area contributed by atoms with E-state index < -0.39 is 0 Å². The topological polar surface area (TPSA) is 85.9 Å². The summed E-state index contributed by atoms with van der Waals surface area (Å²) in [5, 5.41) is 6.95. The Kier molecular flexibility index (Phi) is 4.41. The van der Waals surface area contributed by atoms with Crippen LogP contribution in [0.15, 0.2) is 18.6 Å². The molecule has 3 rings (SSSR count). The molecular formula is C15H22N6O. The van der Waals surface area contributed by atoms with Gasteiger partial charge in [-0.05, 0) is 25.3 Å². The molecular weight excluding hydrogens is 280 g/mol. The third-order valence-electron chi connectivity index (χ3n) is 4.00. The highest BCUT2D eigenvalue weighted by atomic mass is 16.2. The van der Waals surface area contributed by atoms with Crippen molar-refractivity contribution in [3.63, 3.8) is 0 Å². The van der Waals surface area contributed by atoms with E-state index >= 15 is 0 Å². The quantitative estimate of drug-likeness (QED) is 0.801. The van der Waals surface area contributed by atoms with Crippen LogP contribution in [-0.2, 0) is 0 Å². The smallest absolute Gasteiger partial charge is 0.315 e. The first-order chi connectivity index (χ1) is 10.8. The molecule has 1 aliphatic heterocycles. The molecule has 0 unspecified atom stereocenters. The van der Waals surface area contributed by atoms with Gasteiger partial charge in [0.15, 0.2) is 0 Å². The second kappa shape index (κ2) is 6.64. The zero-order valence-electron chi connectivity index (χ0n) is 12.8. The maximum absolute atomic E-state index is 11.7. The fourth-order valence-corrected chi connectivity index (χ4v) is 2.82. The summed E-state index contributed by atoms with van der Waals surface area (Å²) in [6.07, 6.45) is 6.28. The van der Waals surface area contributed by atoms with E-state index in [0.717, 1.165) is 55.7 Å². The lowest BCUT2D eigenvalue weighted by atomic mass is 10.1. The van der Waals surface area contributed by atoms with E-state index in [4.69, 9.17) is 0 Å². The molecule has 0 aromatic carbocycles. The van der Waals surface area contributed by atoms with E-state index in [9.17, 15) is 4.79 Å². The van der Waals surface area contributed by atoms with Gasteiger partial charge in [0.05, 0.1) is 5.39 Å². The third-order valence-corrected chi connectivity index (χ3v) is 4.00. The number of aromatic amines is 1. The van der Waals surface area contributed by atoms with Crippen LogP contribution in [0.4, 0.5) is 10.6 Å². The number of hydrogen-bond acceptors (Lipinski definition) is 4. The molecule has 22 heavy (non-hydrogen) atoms. The zero-order valence-corrected chi connectivity index (χ0v) is 12.8. The van der Waals surface area contributed by atoms with Gasteiger partial charge in [0.1, 0.15) is 17.8 Å². The number of H-pyrrole nitrogens is 1. The fourth-order valence-electron chi connectivity index (χ4n) is 2.82. The van der Waals surface area contributed by atoms with E-state index in [2.05, 4.69) is 30.5 Å². The number of fused-ring (bicyclic) bond motifs is 1. The molecule has 1 aliphatic rings. The van der Waals surface area contributed by atoms with Crippen LogP contribution >= 0.6 is 0 Å². The first-order valence-corrected chi connectivity index (χ1v) is 7.85. The minimum Gasteiger partial charge on any atom is -0.356 e. The maximum Gasteiger partial charge on any atom is 0.315 e. The summed E-state index contributed by atoms with van der Waals surface area (Å²) < 4.78 is 0. The van der Waals surface area contributed by atoms with Crippen molar-refractivity contribution in [2.24, 2.45) is 0 Å². The van der Waals surface area contributed by atoms with Crippen LogP contribution in [0.25, 0.3) is 11.0 Å². The van der Waals surface area contributed by atoms with E-state index in [1.165, 1.54) is 0 Å². The van der Waals surface area contributed by atoms with Gasteiger partial charge in [-0.1, -0.05) is 6.92 Å². The summed E-state index contributed by atoms with van der Waals surface area (Å²) in [5.74, 6) is 0.972. The summed E-state index contributed by atoms with van der Waals surface area (Å²) in [6.45, 7) is 4.53. The lowest BCUT2D eigenvalue weighted by Crippen LogP contribution is -2.48. The van der Waals surface area contributed by atoms with Crippen LogP contribution in [-0.4, -0.2) is 46.7 Å². The molecule has 0 radical (unpaired) electrons. The second-order valence-corrected chi connectivity index (χ2v) is 5.60. The molecule has 3 heterocycles. The van der Waals surface area contributed by atoms with E-state index in [1.807, 2.05) is 19.2 Å². The van der Waals surface area contributed by atoms with Crippen molar-refractivity contribution in [2.75, 3.05) is 24.5 Å². The fraction of sp³-hybridized carbons (Fsp3) is 0.533. The maximum atomic E-state index is 11.7. The number of amides is 2. The summed E-state index contributed by atoms with van der Waals surface area (Å²) in [7, 11) is 0. The number of rotatable bonds is 4. The lowest BCUT2D eigenvalue weighted by molar-refractivity contribution is 0.234. The van der Waals surface area contributed by atoms with Crippen LogP contribution < -0.4 is 15.5 Å². The van der Waals surface area contributed by atoms with Crippen molar-refractivity contribution in [1.82, 2.24) is 25.6 Å². The number of anilines is 1. The van der Waals surface area contributed by atoms with E-state index in [-0.39, 0.29) is 12.1 Å². The van der Waals surface area contributed by atoms with Crippen LogP contribution in [0.3, 0.4) is 0 Å². The first kappa shape index (κ1) is 14.6. The summed E-state index contributed by atoms with van der Waals surface area (Å²) in [6, 6.07) is 2.18. The molecule has 0 saturated carbocycles. The summed E-state index contributed by atoms with van der Waals surface area (Å²) in [4.78, 5) is 25.7. The van der Waals surface area contributed by atoms with Gasteiger partial charge >= 0.3 is 6.03 Å². The van der Waals surface area contributed by atoms with Crippen LogP contribution in [0.5, 0.6) is 0 Å². The highest BCUT2D eigenvalue weighted by Crippen LogP contribution is 2.24. The Morgan fingerprint density at radius 1 is 1.41 bits per heavy atom. The largest absolute Gasteiger partial charge is 0.356 e. The summed E-state index contributed by atoms with van der Waals surface area (Å²) in [5.41, 5.74) is 0.865. The Hall–Kier alpha value is -2.31. The molecule has 7 nitrogen and oxygen atoms in total. The molecule has 0 aliphatic carbocycles. The zero-order chi connectivity index (χ0) is 15.4. The molecule has 0 atom stereocenters. The number of nitrogens with one attached hydrogen (secondary N) is 3. The predicted molar refractivity (Wildman–Crippen MR) is 85.9 cm³/mol. The van der Waals surface area contributed by atoms with Crippen LogP contribution in [0.2, 0.25) is 0 Å². The predicted octanol–water partition coefficient (Wildman–Crippen LogP) is 1.64. The highest BCUT2D eigenvalue weighted by molar-refractivity contribution is 5.87. The number of nitrogens with zero attached hydrogens (tertiary/aromatic N) is 3. The minimum atomic E-state index is -0.0599. The van der Waals surface area contributed by atoms with Crippen LogP contribution in [0.1, 0.15) is 26.2 Å². The Labute approximate surface area is 129 Å². The van der Waals surface area contributed by atoms with E-state index in [0.29, 0.717) is 0 Å². The summed E-state index contributed by atoms with van der Waals surface area (Å²) >= 11 is 0. The van der Waals surface area contributed by atoms with Gasteiger partial charge in [0, 0.05) is 31.9 Å². The monoisotopic (exact) mass is 302 g/mol. The number of aromatic nitrogens is 3. The Morgan fingerprint density at radius 3 is 3.00 bits per heavy atom. The van der Waals surface area contributed by atoms with Gasteiger partial charge in [0.25, 0.3) is 0 Å². The second-order valence-electron chi connectivity index (χ2n) is 5.60. The van der Waals surface area contributed by atoms with E-state index in [1.54, 1.807) is 6.33 Å². The lowest BCUT2D eigenvalue weighted by Gasteiger charge is -2.33. The molecule has 2 aromatic rings. The van der Waals surface area contributed by atoms with Crippen molar-refractivity contribution in [2.45, 2.75) is 32.2 Å². The van der Waals surface area contributed by atoms with Crippen molar-refractivity contribution >= 4 is 22.9 Å². The van der Waals surface area contributed by atoms with Gasteiger partial charge in [-0.15, -0.1) is 0 Å². The molecule has 3 N–H and O–H groups in total. The molecule has 1 fully saturated rings. The number of hydrogen-bond donors (Lipinski definition) is 3. The first-order valence-electron chi connectivity index (χ1n) is 7.85. The number of carbonyl (C=O) groups excluding carboxylic acids is 1. The molecule has 2 amide bonds. The van der Waals surface area contributed by atoms with Crippen LogP contribution in [0, 0.1) is 0 Å². The van der Waals surface area contributed by atoms with Gasteiger partial charge < -0.3 is 20.5 Å². The average molecular weight is 302 g/mol. The van der Waals surface area contributed by atoms with Gasteiger partial charge in [-0.2, -0.15) is 0 Å². The molecule has 7 heteroatoms. The molecule has 2 aromatic heterocycles. The molecule has 0 spiro atoms. The minimum absolute atomic E-state index is 0.0599. The third kappa shape index (κ3) is 3.13. The average Bonchev–Trinajstić information content (AvgIpc) is 3.02. The van der Waals surface area contributed by atoms with Crippen molar-refractivity contribution < 1.29 is 4.79 Å². The molecule has 118 valence electrons. The van der Waals surface area contributed by atoms with Gasteiger partial charge in [-0.25, -0.2) is 14.8 Å². The highest BCUT2D eigenvalue weighted by Gasteiger charge is 2.22. The van der Waals surface area contributed by atoms with Crippen molar-refractivity contribution in [3.8, 4) is 0 Å². The number of carbonyl (C=O) groups is 1. The van der Waals surface area contributed by atoms with Gasteiger partial charge in [0.2, 0.25) is 0 Å². The number of urea groups is 1. The number of piperidine rings is 1. The Bertz CT molecular complexity index is 632. The Balaban J connectivity index is 1.58. The van der Waals surface area contributed by atoms with Crippen molar-refractivity contribution in [3.05, 3.63) is 18.6 Å². The van der Waals surface area contributed by atoms with Crippen molar-refractivity contribution in [1.29, 1.82) is 0 Å². The SMILES string of the molecule is CCCNC(=O)NC1CCN(c2ncnc3[nH]ccc23)CC1. The standard InChI is InChI=1S/C15H22N6O/c1-2-6-17-15(22)20-11-4-8-21(9-5-11)14-12-3-7-16-13(12)18-10-19-14/h3,7,10-11H,2,4-6,8-9H2,1H3,(H,16,18,19)(H2,17,20,22). The van der Waals surface area contributed by atoms with Gasteiger partial charge in [-0.3, -0.25) is 0 Å². The Morgan fingerprint density at radius 2 is 2.23 bits per heavy atom. The molecule has 0 bridgehead atoms.